The summed E-state index contributed by atoms with van der Waals surface area (Å²) >= 11 is 7.04. The summed E-state index contributed by atoms with van der Waals surface area (Å²) in [7, 11) is -8.14. The van der Waals surface area contributed by atoms with Crippen LogP contribution in [0.25, 0.3) is 17.2 Å². The Bertz CT molecular complexity index is 1780. The quantitative estimate of drug-likeness (QED) is 0.309. The number of thiophene rings is 1. The Morgan fingerprint density at radius 2 is 1.81 bits per heavy atom. The molecule has 42 heavy (non-hydrogen) atoms. The van der Waals surface area contributed by atoms with E-state index in [1.54, 1.807) is 51.1 Å². The molecule has 1 atom stereocenters. The van der Waals surface area contributed by atoms with Gasteiger partial charge in [0.25, 0.3) is 15.9 Å². The zero-order chi connectivity index (χ0) is 31.0. The number of sulfonamides is 1. The van der Waals surface area contributed by atoms with Crippen molar-refractivity contribution in [3.05, 3.63) is 75.0 Å². The van der Waals surface area contributed by atoms with E-state index in [0.29, 0.717) is 13.5 Å². The number of halogens is 2. The molecular formula is C28H28ClFN2O7S3. The third-order valence-corrected chi connectivity index (χ3v) is 9.93. The number of amides is 2. The molecule has 4 rings (SSSR count). The molecule has 14 heteroatoms. The van der Waals surface area contributed by atoms with Crippen LogP contribution in [0.5, 0.6) is 0 Å². The average molecular weight is 655 g/mol. The molecule has 1 aromatic heterocycles. The molecule has 1 aliphatic rings. The molecule has 0 radical (unpaired) electrons. The summed E-state index contributed by atoms with van der Waals surface area (Å²) < 4.78 is 72.9. The Balaban J connectivity index is 1.67. The van der Waals surface area contributed by atoms with Gasteiger partial charge in [0, 0.05) is 23.2 Å². The molecule has 2 amide bonds. The lowest BCUT2D eigenvalue weighted by atomic mass is 10.0. The molecule has 0 unspecified atom stereocenters. The second-order valence-corrected chi connectivity index (χ2v) is 15.9. The van der Waals surface area contributed by atoms with Crippen LogP contribution in [-0.4, -0.2) is 57.6 Å². The number of ether oxygens (including phenoxy) is 1. The molecule has 224 valence electrons. The molecular weight excluding hydrogens is 627 g/mol. The zero-order valence-electron chi connectivity index (χ0n) is 23.1. The number of sulfone groups is 1. The maximum absolute atomic E-state index is 15.5. The summed E-state index contributed by atoms with van der Waals surface area (Å²) in [5, 5.41) is 0.795. The van der Waals surface area contributed by atoms with E-state index in [1.165, 1.54) is 24.3 Å². The first-order valence-electron chi connectivity index (χ1n) is 12.6. The molecule has 0 spiro atoms. The molecule has 2 heterocycles. The van der Waals surface area contributed by atoms with Crippen LogP contribution in [0.15, 0.2) is 64.9 Å². The van der Waals surface area contributed by atoms with Gasteiger partial charge >= 0.3 is 6.09 Å². The van der Waals surface area contributed by atoms with Crippen molar-refractivity contribution in [2.24, 2.45) is 0 Å². The number of nitrogens with zero attached hydrogens (tertiary/aromatic N) is 2. The SMILES string of the molecule is CC(C)(C)OC(=O)N([C@H]1CCN(c2ccc(-c3ccccc3S(C)(=O)=O)cc2F)C1=O)S(=O)(=O)/C=C/c1ccc(Cl)s1. The van der Waals surface area contributed by atoms with Gasteiger partial charge in [-0.2, -0.15) is 4.31 Å². The molecule has 3 aromatic rings. The minimum atomic E-state index is -4.53. The molecule has 0 aliphatic carbocycles. The molecule has 1 fully saturated rings. The predicted molar refractivity (Wildman–Crippen MR) is 161 cm³/mol. The van der Waals surface area contributed by atoms with Crippen LogP contribution in [0.4, 0.5) is 14.9 Å². The second kappa shape index (κ2) is 11.8. The zero-order valence-corrected chi connectivity index (χ0v) is 26.3. The normalized spacial score (nSPS) is 16.3. The van der Waals surface area contributed by atoms with E-state index in [-0.39, 0.29) is 34.7 Å². The topological polar surface area (TPSA) is 118 Å². The Morgan fingerprint density at radius 3 is 2.40 bits per heavy atom. The Labute approximate surface area is 253 Å². The van der Waals surface area contributed by atoms with E-state index < -0.39 is 49.3 Å². The van der Waals surface area contributed by atoms with Gasteiger partial charge in [0.15, 0.2) is 9.84 Å². The number of carbonyl (C=O) groups excluding carboxylic acids is 2. The fourth-order valence-electron chi connectivity index (χ4n) is 4.40. The summed E-state index contributed by atoms with van der Waals surface area (Å²) in [5.41, 5.74) is -0.649. The first kappa shape index (κ1) is 31.7. The van der Waals surface area contributed by atoms with Crippen molar-refractivity contribution < 1.29 is 35.6 Å². The van der Waals surface area contributed by atoms with Gasteiger partial charge in [-0.1, -0.05) is 35.9 Å². The fourth-order valence-corrected chi connectivity index (χ4v) is 7.60. The van der Waals surface area contributed by atoms with Gasteiger partial charge in [0.2, 0.25) is 0 Å². The number of benzene rings is 2. The summed E-state index contributed by atoms with van der Waals surface area (Å²) in [6, 6.07) is 11.7. The molecule has 0 saturated carbocycles. The minimum absolute atomic E-state index is 0.0190. The lowest BCUT2D eigenvalue weighted by Crippen LogP contribution is -2.49. The van der Waals surface area contributed by atoms with Gasteiger partial charge in [0.1, 0.15) is 17.5 Å². The van der Waals surface area contributed by atoms with Crippen LogP contribution < -0.4 is 4.90 Å². The van der Waals surface area contributed by atoms with E-state index in [2.05, 4.69) is 0 Å². The van der Waals surface area contributed by atoms with Gasteiger partial charge in [-0.3, -0.25) is 4.79 Å². The maximum atomic E-state index is 15.5. The Morgan fingerprint density at radius 1 is 1.12 bits per heavy atom. The molecule has 2 aromatic carbocycles. The van der Waals surface area contributed by atoms with Crippen LogP contribution >= 0.6 is 22.9 Å². The van der Waals surface area contributed by atoms with E-state index >= 15 is 4.39 Å². The predicted octanol–water partition coefficient (Wildman–Crippen LogP) is 5.95. The highest BCUT2D eigenvalue weighted by molar-refractivity contribution is 7.92. The maximum Gasteiger partial charge on any atom is 0.425 e. The molecule has 0 N–H and O–H groups in total. The van der Waals surface area contributed by atoms with Gasteiger partial charge in [-0.25, -0.2) is 26.0 Å². The minimum Gasteiger partial charge on any atom is -0.443 e. The standard InChI is InChI=1S/C28H28ClFN2O7S3/c1-28(2,3)39-27(34)32(42(37,38)16-14-19-10-12-25(29)40-19)23-13-15-31(26(23)33)22-11-9-18(17-21(22)30)20-7-5-6-8-24(20)41(4,35)36/h5-12,14,16-17,23H,13,15H2,1-4H3/b16-14+/t23-/m0/s1. The van der Waals surface area contributed by atoms with E-state index in [9.17, 15) is 26.4 Å². The number of rotatable bonds is 7. The van der Waals surface area contributed by atoms with Gasteiger partial charge in [-0.05, 0) is 69.2 Å². The highest BCUT2D eigenvalue weighted by Gasteiger charge is 2.46. The van der Waals surface area contributed by atoms with Crippen LogP contribution in [0.1, 0.15) is 32.1 Å². The third-order valence-electron chi connectivity index (χ3n) is 6.14. The van der Waals surface area contributed by atoms with E-state index in [0.717, 1.165) is 34.0 Å². The summed E-state index contributed by atoms with van der Waals surface area (Å²) in [6.07, 6.45) is 0.945. The molecule has 9 nitrogen and oxygen atoms in total. The first-order valence-corrected chi connectivity index (χ1v) is 17.2. The Kier molecular flexibility index (Phi) is 8.89. The number of carbonyl (C=O) groups is 2. The van der Waals surface area contributed by atoms with Gasteiger partial charge in [0.05, 0.1) is 20.3 Å². The van der Waals surface area contributed by atoms with Crippen molar-refractivity contribution in [2.45, 2.75) is 43.7 Å². The van der Waals surface area contributed by atoms with Crippen molar-refractivity contribution in [3.8, 4) is 11.1 Å². The highest BCUT2D eigenvalue weighted by atomic mass is 35.5. The van der Waals surface area contributed by atoms with Crippen molar-refractivity contribution >= 4 is 66.6 Å². The third kappa shape index (κ3) is 7.02. The number of hydrogen-bond donors (Lipinski definition) is 0. The fraction of sp³-hybridized carbons (Fsp3) is 0.286. The number of hydrogen-bond acceptors (Lipinski definition) is 8. The van der Waals surface area contributed by atoms with Crippen molar-refractivity contribution in [1.29, 1.82) is 0 Å². The Hall–Kier alpha value is -3.26. The van der Waals surface area contributed by atoms with Crippen molar-refractivity contribution in [1.82, 2.24) is 4.31 Å². The first-order chi connectivity index (χ1) is 19.5. The summed E-state index contributed by atoms with van der Waals surface area (Å²) in [5.74, 6) is -1.65. The van der Waals surface area contributed by atoms with Crippen LogP contribution in [-0.2, 0) is 29.4 Å². The lowest BCUT2D eigenvalue weighted by molar-refractivity contribution is -0.120. The van der Waals surface area contributed by atoms with Crippen LogP contribution in [0.3, 0.4) is 0 Å². The molecule has 1 aliphatic heterocycles. The summed E-state index contributed by atoms with van der Waals surface area (Å²) in [4.78, 5) is 28.3. The van der Waals surface area contributed by atoms with E-state index in [1.807, 2.05) is 0 Å². The van der Waals surface area contributed by atoms with Gasteiger partial charge in [-0.15, -0.1) is 11.3 Å². The number of anilines is 1. The average Bonchev–Trinajstić information content (AvgIpc) is 3.46. The van der Waals surface area contributed by atoms with Crippen LogP contribution in [0.2, 0.25) is 4.34 Å². The molecule has 1 saturated heterocycles. The molecule has 0 bridgehead atoms. The lowest BCUT2D eigenvalue weighted by Gasteiger charge is -2.29. The van der Waals surface area contributed by atoms with Crippen molar-refractivity contribution in [2.75, 3.05) is 17.7 Å². The summed E-state index contributed by atoms with van der Waals surface area (Å²) in [6.45, 7) is 4.58. The van der Waals surface area contributed by atoms with E-state index in [4.69, 9.17) is 16.3 Å². The largest absolute Gasteiger partial charge is 0.443 e. The monoisotopic (exact) mass is 654 g/mol. The smallest absolute Gasteiger partial charge is 0.425 e. The van der Waals surface area contributed by atoms with Crippen molar-refractivity contribution in [3.63, 3.8) is 0 Å². The van der Waals surface area contributed by atoms with Crippen LogP contribution in [0, 0.1) is 5.82 Å². The highest BCUT2D eigenvalue weighted by Crippen LogP contribution is 2.34. The van der Waals surface area contributed by atoms with Gasteiger partial charge < -0.3 is 9.64 Å². The second-order valence-electron chi connectivity index (χ2n) is 10.5.